The van der Waals surface area contributed by atoms with Crippen LogP contribution in [0.3, 0.4) is 0 Å². The Balaban J connectivity index is 1.90. The molecule has 0 fully saturated rings. The third kappa shape index (κ3) is 4.38. The van der Waals surface area contributed by atoms with E-state index in [0.29, 0.717) is 11.4 Å². The molecule has 2 aromatic carbocycles. The first-order valence-electron chi connectivity index (χ1n) is 8.72. The molecule has 0 aliphatic rings. The molecule has 7 heteroatoms. The summed E-state index contributed by atoms with van der Waals surface area (Å²) >= 11 is 0. The molecule has 1 aromatic heterocycles. The summed E-state index contributed by atoms with van der Waals surface area (Å²) in [6.07, 6.45) is 3.06. The third-order valence-corrected chi connectivity index (χ3v) is 4.14. The Morgan fingerprint density at radius 2 is 1.56 bits per heavy atom. The van der Waals surface area contributed by atoms with Crippen LogP contribution in [0.2, 0.25) is 0 Å². The molecule has 138 valence electrons. The molecule has 0 aliphatic heterocycles. The van der Waals surface area contributed by atoms with Gasteiger partial charge in [0.15, 0.2) is 0 Å². The SMILES string of the molecule is CCc1ccc(Nc2ncnc(Oc3ccc(CC)cc3)c2[N+](=O)[O-])cc1. The molecule has 0 saturated heterocycles. The lowest BCUT2D eigenvalue weighted by Gasteiger charge is -2.10. The second-order valence-electron chi connectivity index (χ2n) is 5.91. The van der Waals surface area contributed by atoms with E-state index in [2.05, 4.69) is 29.1 Å². The first-order valence-corrected chi connectivity index (χ1v) is 8.72. The van der Waals surface area contributed by atoms with Crippen LogP contribution < -0.4 is 10.1 Å². The number of nitrogens with zero attached hydrogens (tertiary/aromatic N) is 3. The summed E-state index contributed by atoms with van der Waals surface area (Å²) in [4.78, 5) is 19.1. The predicted molar refractivity (Wildman–Crippen MR) is 104 cm³/mol. The van der Waals surface area contributed by atoms with Crippen molar-refractivity contribution in [1.29, 1.82) is 0 Å². The maximum absolute atomic E-state index is 11.6. The second-order valence-corrected chi connectivity index (χ2v) is 5.91. The van der Waals surface area contributed by atoms with Crippen molar-refractivity contribution >= 4 is 17.2 Å². The summed E-state index contributed by atoms with van der Waals surface area (Å²) in [6.45, 7) is 4.12. The summed E-state index contributed by atoms with van der Waals surface area (Å²) in [5.41, 5.74) is 2.72. The first kappa shape index (κ1) is 18.3. The summed E-state index contributed by atoms with van der Waals surface area (Å²) in [7, 11) is 0. The van der Waals surface area contributed by atoms with Gasteiger partial charge in [-0.2, -0.15) is 4.98 Å². The van der Waals surface area contributed by atoms with Crippen LogP contribution >= 0.6 is 0 Å². The van der Waals surface area contributed by atoms with Crippen LogP contribution in [0.1, 0.15) is 25.0 Å². The molecule has 0 aliphatic carbocycles. The average molecular weight is 364 g/mol. The lowest BCUT2D eigenvalue weighted by molar-refractivity contribution is -0.385. The molecule has 3 rings (SSSR count). The molecule has 0 saturated carbocycles. The van der Waals surface area contributed by atoms with Crippen LogP contribution in [-0.4, -0.2) is 14.9 Å². The Hall–Kier alpha value is -3.48. The van der Waals surface area contributed by atoms with Crippen molar-refractivity contribution in [3.05, 3.63) is 76.1 Å². The number of hydrogen-bond donors (Lipinski definition) is 1. The molecule has 3 aromatic rings. The molecule has 7 nitrogen and oxygen atoms in total. The maximum atomic E-state index is 11.6. The fourth-order valence-electron chi connectivity index (χ4n) is 2.56. The Bertz CT molecular complexity index is 857. The fraction of sp³-hybridized carbons (Fsp3) is 0.200. The summed E-state index contributed by atoms with van der Waals surface area (Å²) in [5.74, 6) is 0.457. The van der Waals surface area contributed by atoms with E-state index in [-0.39, 0.29) is 17.4 Å². The van der Waals surface area contributed by atoms with Gasteiger partial charge in [-0.05, 0) is 48.2 Å². The van der Waals surface area contributed by atoms with Gasteiger partial charge in [0.25, 0.3) is 0 Å². The molecule has 1 heterocycles. The van der Waals surface area contributed by atoms with Crippen molar-refractivity contribution in [3.63, 3.8) is 0 Å². The van der Waals surface area contributed by atoms with Crippen LogP contribution in [0.4, 0.5) is 17.2 Å². The second kappa shape index (κ2) is 8.27. The minimum atomic E-state index is -0.543. The molecule has 0 bridgehead atoms. The van der Waals surface area contributed by atoms with Gasteiger partial charge >= 0.3 is 11.6 Å². The molecule has 0 atom stereocenters. The fourth-order valence-corrected chi connectivity index (χ4v) is 2.56. The van der Waals surface area contributed by atoms with Crippen molar-refractivity contribution in [2.45, 2.75) is 26.7 Å². The normalized spacial score (nSPS) is 10.4. The highest BCUT2D eigenvalue weighted by Gasteiger charge is 2.25. The highest BCUT2D eigenvalue weighted by atomic mass is 16.6. The number of rotatable bonds is 7. The van der Waals surface area contributed by atoms with Crippen molar-refractivity contribution in [2.24, 2.45) is 0 Å². The zero-order valence-corrected chi connectivity index (χ0v) is 15.2. The Labute approximate surface area is 157 Å². The molecule has 0 spiro atoms. The summed E-state index contributed by atoms with van der Waals surface area (Å²) in [5, 5.41) is 14.6. The van der Waals surface area contributed by atoms with Gasteiger partial charge < -0.3 is 10.1 Å². The van der Waals surface area contributed by atoms with E-state index in [4.69, 9.17) is 4.74 Å². The highest BCUT2D eigenvalue weighted by molar-refractivity contribution is 5.68. The number of hydrogen-bond acceptors (Lipinski definition) is 6. The van der Waals surface area contributed by atoms with Crippen molar-refractivity contribution < 1.29 is 9.66 Å². The van der Waals surface area contributed by atoms with Gasteiger partial charge in [-0.15, -0.1) is 0 Å². The molecular formula is C20H20N4O3. The van der Waals surface area contributed by atoms with Gasteiger partial charge in [-0.3, -0.25) is 10.1 Å². The standard InChI is InChI=1S/C20H20N4O3/c1-3-14-5-9-16(10-6-14)23-19-18(24(25)26)20(22-13-21-19)27-17-11-7-15(4-2)8-12-17/h5-13H,3-4H2,1-2H3,(H,21,22,23). The number of aromatic nitrogens is 2. The summed E-state index contributed by atoms with van der Waals surface area (Å²) in [6, 6.07) is 15.0. The monoisotopic (exact) mass is 364 g/mol. The molecule has 1 N–H and O–H groups in total. The summed E-state index contributed by atoms with van der Waals surface area (Å²) < 4.78 is 5.65. The number of anilines is 2. The lowest BCUT2D eigenvalue weighted by atomic mass is 10.1. The topological polar surface area (TPSA) is 90.2 Å². The van der Waals surface area contributed by atoms with Crippen molar-refractivity contribution in [1.82, 2.24) is 9.97 Å². The van der Waals surface area contributed by atoms with E-state index in [9.17, 15) is 10.1 Å². The van der Waals surface area contributed by atoms with Crippen LogP contribution in [0.5, 0.6) is 11.6 Å². The van der Waals surface area contributed by atoms with Gasteiger partial charge in [-0.25, -0.2) is 4.98 Å². The lowest BCUT2D eigenvalue weighted by Crippen LogP contribution is -2.03. The zero-order valence-electron chi connectivity index (χ0n) is 15.2. The van der Waals surface area contributed by atoms with E-state index in [1.165, 1.54) is 11.9 Å². The smallest absolute Gasteiger partial charge is 0.373 e. The highest BCUT2D eigenvalue weighted by Crippen LogP contribution is 2.35. The number of benzene rings is 2. The van der Waals surface area contributed by atoms with E-state index >= 15 is 0 Å². The van der Waals surface area contributed by atoms with Crippen molar-refractivity contribution in [2.75, 3.05) is 5.32 Å². The van der Waals surface area contributed by atoms with Crippen LogP contribution in [-0.2, 0) is 12.8 Å². The average Bonchev–Trinajstić information content (AvgIpc) is 2.69. The van der Waals surface area contributed by atoms with Crippen LogP contribution in [0.25, 0.3) is 0 Å². The molecule has 27 heavy (non-hydrogen) atoms. The number of ether oxygens (including phenoxy) is 1. The quantitative estimate of drug-likeness (QED) is 0.466. The minimum absolute atomic E-state index is 0.0828. The van der Waals surface area contributed by atoms with Crippen molar-refractivity contribution in [3.8, 4) is 11.6 Å². The third-order valence-electron chi connectivity index (χ3n) is 4.14. The van der Waals surface area contributed by atoms with Gasteiger partial charge in [0.2, 0.25) is 5.82 Å². The molecule has 0 amide bonds. The van der Waals surface area contributed by atoms with E-state index < -0.39 is 4.92 Å². The maximum Gasteiger partial charge on any atom is 0.373 e. The minimum Gasteiger partial charge on any atom is -0.434 e. The zero-order chi connectivity index (χ0) is 19.2. The van der Waals surface area contributed by atoms with Gasteiger partial charge in [0.05, 0.1) is 4.92 Å². The molecule has 0 radical (unpaired) electrons. The predicted octanol–water partition coefficient (Wildman–Crippen LogP) is 5.05. The number of nitro groups is 1. The van der Waals surface area contributed by atoms with Crippen LogP contribution in [0.15, 0.2) is 54.9 Å². The van der Waals surface area contributed by atoms with Gasteiger partial charge in [0.1, 0.15) is 12.1 Å². The Kier molecular flexibility index (Phi) is 5.61. The van der Waals surface area contributed by atoms with E-state index in [0.717, 1.165) is 18.4 Å². The van der Waals surface area contributed by atoms with E-state index in [1.54, 1.807) is 12.1 Å². The Morgan fingerprint density at radius 3 is 2.11 bits per heavy atom. The molecule has 0 unspecified atom stereocenters. The van der Waals surface area contributed by atoms with Crippen LogP contribution in [0, 0.1) is 10.1 Å². The number of aryl methyl sites for hydroxylation is 2. The van der Waals surface area contributed by atoms with E-state index in [1.807, 2.05) is 36.4 Å². The number of nitrogens with one attached hydrogen (secondary N) is 1. The first-order chi connectivity index (χ1) is 13.1. The Morgan fingerprint density at radius 1 is 0.963 bits per heavy atom. The van der Waals surface area contributed by atoms with Gasteiger partial charge in [0, 0.05) is 5.69 Å². The molecular weight excluding hydrogens is 344 g/mol. The van der Waals surface area contributed by atoms with Gasteiger partial charge in [-0.1, -0.05) is 38.1 Å². The largest absolute Gasteiger partial charge is 0.434 e.